The molecule has 1 aromatic heterocycles. The highest BCUT2D eigenvalue weighted by atomic mass is 32.2. The van der Waals surface area contributed by atoms with Crippen molar-refractivity contribution in [3.63, 3.8) is 0 Å². The van der Waals surface area contributed by atoms with Crippen LogP contribution in [0.15, 0.2) is 24.4 Å². The fourth-order valence-electron chi connectivity index (χ4n) is 4.58. The molecule has 2 heterocycles. The maximum Gasteiger partial charge on any atom is 0.256 e. The molecule has 4 rings (SSSR count). The number of carbonyl (C=O) groups is 2. The number of aromatic nitrogens is 3. The van der Waals surface area contributed by atoms with E-state index in [1.807, 2.05) is 0 Å². The van der Waals surface area contributed by atoms with Gasteiger partial charge < -0.3 is 15.3 Å². The molecule has 1 saturated heterocycles. The number of hydrogen-bond acceptors (Lipinski definition) is 7. The molecule has 3 N–H and O–H groups in total. The average Bonchev–Trinajstić information content (AvgIpc) is 3.33. The standard InChI is InChI=1S/C21H28N6O5S/c1-13(29)22-15-5-6-19(24-33(2,31)32)18(9-15)21(30)27-8-7-17(14-3-4-14)20(27)11-26-10-16(12-28)23-25-26/h5-6,9-10,14,17,20,24,28H,3-4,7-8,11-12H2,1-2H3,(H,22,29). The monoisotopic (exact) mass is 476 g/mol. The zero-order valence-corrected chi connectivity index (χ0v) is 19.4. The van der Waals surface area contributed by atoms with Crippen LogP contribution in [0.1, 0.15) is 42.2 Å². The van der Waals surface area contributed by atoms with Crippen LogP contribution in [-0.2, 0) is 28.0 Å². The summed E-state index contributed by atoms with van der Waals surface area (Å²) in [6.45, 7) is 2.12. The molecule has 11 nitrogen and oxygen atoms in total. The van der Waals surface area contributed by atoms with Crippen molar-refractivity contribution in [1.82, 2.24) is 19.9 Å². The van der Waals surface area contributed by atoms with Crippen LogP contribution in [0.25, 0.3) is 0 Å². The predicted molar refractivity (Wildman–Crippen MR) is 121 cm³/mol. The lowest BCUT2D eigenvalue weighted by Gasteiger charge is -2.29. The van der Waals surface area contributed by atoms with Gasteiger partial charge in [0.1, 0.15) is 5.69 Å². The molecule has 1 aromatic carbocycles. The lowest BCUT2D eigenvalue weighted by Crippen LogP contribution is -2.41. The second-order valence-corrected chi connectivity index (χ2v) is 10.5. The van der Waals surface area contributed by atoms with Crippen LogP contribution in [0.4, 0.5) is 11.4 Å². The average molecular weight is 477 g/mol. The van der Waals surface area contributed by atoms with Crippen LogP contribution >= 0.6 is 0 Å². The summed E-state index contributed by atoms with van der Waals surface area (Å²) < 4.78 is 27.9. The Hall–Kier alpha value is -2.99. The molecule has 1 saturated carbocycles. The summed E-state index contributed by atoms with van der Waals surface area (Å²) in [7, 11) is -3.62. The Labute approximate surface area is 192 Å². The quantitative estimate of drug-likeness (QED) is 0.516. The van der Waals surface area contributed by atoms with Gasteiger partial charge in [0, 0.05) is 19.2 Å². The Morgan fingerprint density at radius 1 is 1.24 bits per heavy atom. The first-order chi connectivity index (χ1) is 15.6. The number of likely N-dealkylation sites (tertiary alicyclic amines) is 1. The lowest BCUT2D eigenvalue weighted by atomic mass is 9.94. The number of nitrogens with one attached hydrogen (secondary N) is 2. The SMILES string of the molecule is CC(=O)Nc1ccc(NS(C)(=O)=O)c(C(=O)N2CCC(C3CC3)C2Cn2cc(CO)nn2)c1. The highest BCUT2D eigenvalue weighted by Crippen LogP contribution is 2.45. The minimum Gasteiger partial charge on any atom is -0.390 e. The zero-order valence-electron chi connectivity index (χ0n) is 18.6. The summed E-state index contributed by atoms with van der Waals surface area (Å²) in [5, 5.41) is 19.9. The highest BCUT2D eigenvalue weighted by molar-refractivity contribution is 7.92. The van der Waals surface area contributed by atoms with Crippen molar-refractivity contribution in [2.45, 2.75) is 45.4 Å². The van der Waals surface area contributed by atoms with E-state index in [1.165, 1.54) is 19.1 Å². The molecular weight excluding hydrogens is 448 g/mol. The van der Waals surface area contributed by atoms with Crippen molar-refractivity contribution in [2.24, 2.45) is 11.8 Å². The second kappa shape index (κ2) is 9.10. The van der Waals surface area contributed by atoms with Gasteiger partial charge in [0.2, 0.25) is 15.9 Å². The second-order valence-electron chi connectivity index (χ2n) is 8.76. The van der Waals surface area contributed by atoms with Gasteiger partial charge >= 0.3 is 0 Å². The van der Waals surface area contributed by atoms with Gasteiger partial charge in [0.15, 0.2) is 0 Å². The van der Waals surface area contributed by atoms with Gasteiger partial charge in [-0.15, -0.1) is 5.10 Å². The fourth-order valence-corrected chi connectivity index (χ4v) is 5.15. The summed E-state index contributed by atoms with van der Waals surface area (Å²) in [6.07, 6.45) is 5.79. The van der Waals surface area contributed by atoms with E-state index in [1.54, 1.807) is 21.8 Å². The van der Waals surface area contributed by atoms with E-state index < -0.39 is 10.0 Å². The van der Waals surface area contributed by atoms with Crippen LogP contribution in [0.2, 0.25) is 0 Å². The van der Waals surface area contributed by atoms with Gasteiger partial charge in [-0.1, -0.05) is 5.21 Å². The number of nitrogens with zero attached hydrogens (tertiary/aromatic N) is 4. The largest absolute Gasteiger partial charge is 0.390 e. The number of carbonyl (C=O) groups excluding carboxylic acids is 2. The van der Waals surface area contributed by atoms with Crippen LogP contribution < -0.4 is 10.0 Å². The first-order valence-corrected chi connectivity index (χ1v) is 12.7. The van der Waals surface area contributed by atoms with Gasteiger partial charge in [-0.25, -0.2) is 8.42 Å². The van der Waals surface area contributed by atoms with Crippen LogP contribution in [0.5, 0.6) is 0 Å². The van der Waals surface area contributed by atoms with Crippen LogP contribution in [-0.4, -0.2) is 64.1 Å². The van der Waals surface area contributed by atoms with E-state index in [9.17, 15) is 23.1 Å². The van der Waals surface area contributed by atoms with Gasteiger partial charge in [-0.3, -0.25) is 19.0 Å². The van der Waals surface area contributed by atoms with E-state index in [-0.39, 0.29) is 35.7 Å². The number of aliphatic hydroxyl groups excluding tert-OH is 1. The first kappa shape index (κ1) is 23.2. The molecular formula is C21H28N6O5S. The van der Waals surface area contributed by atoms with E-state index in [0.29, 0.717) is 36.3 Å². The summed E-state index contributed by atoms with van der Waals surface area (Å²) in [5.41, 5.74) is 1.19. The number of anilines is 2. The van der Waals surface area contributed by atoms with Gasteiger partial charge in [-0.2, -0.15) is 0 Å². The molecule has 178 valence electrons. The molecule has 2 amide bonds. The van der Waals surface area contributed by atoms with Crippen molar-refractivity contribution < 1.29 is 23.1 Å². The van der Waals surface area contributed by atoms with E-state index in [2.05, 4.69) is 20.4 Å². The molecule has 0 spiro atoms. The maximum atomic E-state index is 13.7. The van der Waals surface area contributed by atoms with Crippen molar-refractivity contribution in [3.8, 4) is 0 Å². The van der Waals surface area contributed by atoms with E-state index in [4.69, 9.17) is 0 Å². The molecule has 12 heteroatoms. The number of amides is 2. The highest BCUT2D eigenvalue weighted by Gasteiger charge is 2.45. The number of aliphatic hydroxyl groups is 1. The summed E-state index contributed by atoms with van der Waals surface area (Å²) in [5.74, 6) is 0.244. The Morgan fingerprint density at radius 2 is 2.00 bits per heavy atom. The minimum absolute atomic E-state index is 0.145. The number of benzene rings is 1. The third kappa shape index (κ3) is 5.50. The molecule has 0 radical (unpaired) electrons. The molecule has 2 unspecified atom stereocenters. The summed E-state index contributed by atoms with van der Waals surface area (Å²) in [4.78, 5) is 27.0. The van der Waals surface area contributed by atoms with Gasteiger partial charge in [-0.05, 0) is 49.3 Å². The number of rotatable bonds is 8. The molecule has 1 aliphatic carbocycles. The topological polar surface area (TPSA) is 147 Å². The normalized spacial score (nSPS) is 20.6. The van der Waals surface area contributed by atoms with E-state index >= 15 is 0 Å². The minimum atomic E-state index is -3.62. The third-order valence-corrected chi connectivity index (χ3v) is 6.66. The van der Waals surface area contributed by atoms with E-state index in [0.717, 1.165) is 25.5 Å². The molecule has 33 heavy (non-hydrogen) atoms. The maximum absolute atomic E-state index is 13.7. The Balaban J connectivity index is 1.67. The number of hydrogen-bond donors (Lipinski definition) is 3. The summed E-state index contributed by atoms with van der Waals surface area (Å²) in [6, 6.07) is 4.38. The Bertz CT molecular complexity index is 1160. The predicted octanol–water partition coefficient (Wildman–Crippen LogP) is 1.04. The Morgan fingerprint density at radius 3 is 2.61 bits per heavy atom. The molecule has 2 aliphatic rings. The van der Waals surface area contributed by atoms with Crippen LogP contribution in [0.3, 0.4) is 0 Å². The Kier molecular flexibility index (Phi) is 6.39. The lowest BCUT2D eigenvalue weighted by molar-refractivity contribution is -0.114. The smallest absolute Gasteiger partial charge is 0.256 e. The van der Waals surface area contributed by atoms with Crippen molar-refractivity contribution in [1.29, 1.82) is 0 Å². The van der Waals surface area contributed by atoms with Crippen molar-refractivity contribution in [3.05, 3.63) is 35.7 Å². The summed E-state index contributed by atoms with van der Waals surface area (Å²) >= 11 is 0. The van der Waals surface area contributed by atoms with Gasteiger partial charge in [0.25, 0.3) is 5.91 Å². The van der Waals surface area contributed by atoms with Crippen LogP contribution in [0, 0.1) is 11.8 Å². The molecule has 0 bridgehead atoms. The molecule has 2 aromatic rings. The first-order valence-electron chi connectivity index (χ1n) is 10.8. The zero-order chi connectivity index (χ0) is 23.8. The molecule has 1 aliphatic heterocycles. The fraction of sp³-hybridized carbons (Fsp3) is 0.524. The van der Waals surface area contributed by atoms with Gasteiger partial charge in [0.05, 0.1) is 42.9 Å². The molecule has 2 atom stereocenters. The molecule has 2 fully saturated rings. The number of sulfonamides is 1. The van der Waals surface area contributed by atoms with Crippen molar-refractivity contribution in [2.75, 3.05) is 22.8 Å². The van der Waals surface area contributed by atoms with Crippen molar-refractivity contribution >= 4 is 33.2 Å². The third-order valence-electron chi connectivity index (χ3n) is 6.07.